The number of piperazine rings is 1. The van der Waals surface area contributed by atoms with Gasteiger partial charge in [-0.2, -0.15) is 11.8 Å². The van der Waals surface area contributed by atoms with Gasteiger partial charge in [0.25, 0.3) is 0 Å². The summed E-state index contributed by atoms with van der Waals surface area (Å²) in [5.74, 6) is 0. The van der Waals surface area contributed by atoms with Gasteiger partial charge in [-0.1, -0.05) is 19.8 Å². The van der Waals surface area contributed by atoms with E-state index in [0.717, 1.165) is 17.8 Å². The molecule has 0 radical (unpaired) electrons. The van der Waals surface area contributed by atoms with Crippen LogP contribution in [0.4, 0.5) is 0 Å². The minimum atomic E-state index is 0.326. The summed E-state index contributed by atoms with van der Waals surface area (Å²) in [6, 6.07) is 1.51. The molecule has 0 aromatic heterocycles. The molecule has 1 aliphatic heterocycles. The van der Waals surface area contributed by atoms with Gasteiger partial charge >= 0.3 is 0 Å². The third kappa shape index (κ3) is 3.05. The molecule has 0 bridgehead atoms. The maximum absolute atomic E-state index is 3.75. The largest absolute Gasteiger partial charge is 0.309 e. The van der Waals surface area contributed by atoms with Gasteiger partial charge in [-0.3, -0.25) is 4.90 Å². The van der Waals surface area contributed by atoms with E-state index in [1.165, 1.54) is 38.6 Å². The van der Waals surface area contributed by atoms with Crippen molar-refractivity contribution < 1.29 is 0 Å². The van der Waals surface area contributed by atoms with Gasteiger partial charge in [-0.05, 0) is 39.4 Å². The number of rotatable bonds is 3. The van der Waals surface area contributed by atoms with Gasteiger partial charge in [0.2, 0.25) is 0 Å². The third-order valence-electron chi connectivity index (χ3n) is 5.10. The predicted molar refractivity (Wildman–Crippen MR) is 82.4 cm³/mol. The second kappa shape index (κ2) is 6.15. The van der Waals surface area contributed by atoms with Crippen LogP contribution in [-0.4, -0.2) is 47.1 Å². The molecule has 106 valence electrons. The molecule has 4 atom stereocenters. The van der Waals surface area contributed by atoms with Crippen LogP contribution in [0.2, 0.25) is 0 Å². The molecule has 0 aromatic carbocycles. The van der Waals surface area contributed by atoms with Crippen molar-refractivity contribution in [3.05, 3.63) is 0 Å². The number of nitrogens with zero attached hydrogens (tertiary/aromatic N) is 1. The molecule has 1 aliphatic carbocycles. The van der Waals surface area contributed by atoms with Crippen molar-refractivity contribution in [2.24, 2.45) is 0 Å². The van der Waals surface area contributed by atoms with Crippen molar-refractivity contribution in [1.82, 2.24) is 10.2 Å². The van der Waals surface area contributed by atoms with Crippen molar-refractivity contribution in [3.63, 3.8) is 0 Å². The standard InChI is InChI=1S/C15H30N2S/c1-5-15(3)11-17(12(2)10-16-15)13-8-6-7-9-14(13)18-4/h12-14,16H,5-11H2,1-4H3. The van der Waals surface area contributed by atoms with Crippen LogP contribution in [0.3, 0.4) is 0 Å². The van der Waals surface area contributed by atoms with E-state index in [-0.39, 0.29) is 0 Å². The minimum absolute atomic E-state index is 0.326. The van der Waals surface area contributed by atoms with Crippen LogP contribution in [0, 0.1) is 0 Å². The van der Waals surface area contributed by atoms with Gasteiger partial charge in [-0.25, -0.2) is 0 Å². The monoisotopic (exact) mass is 270 g/mol. The fourth-order valence-electron chi connectivity index (χ4n) is 3.54. The van der Waals surface area contributed by atoms with Gasteiger partial charge in [0.1, 0.15) is 0 Å². The highest BCUT2D eigenvalue weighted by Gasteiger charge is 2.39. The molecule has 0 aromatic rings. The first-order valence-corrected chi connectivity index (χ1v) is 8.92. The highest BCUT2D eigenvalue weighted by molar-refractivity contribution is 7.99. The molecule has 0 spiro atoms. The Balaban J connectivity index is 2.08. The Kier molecular flexibility index (Phi) is 5.01. The van der Waals surface area contributed by atoms with Crippen LogP contribution >= 0.6 is 11.8 Å². The molecule has 0 amide bonds. The summed E-state index contributed by atoms with van der Waals surface area (Å²) in [4.78, 5) is 2.82. The Morgan fingerprint density at radius 3 is 2.72 bits per heavy atom. The molecule has 1 saturated carbocycles. The number of hydrogen-bond acceptors (Lipinski definition) is 3. The Morgan fingerprint density at radius 1 is 1.33 bits per heavy atom. The molecule has 18 heavy (non-hydrogen) atoms. The second-order valence-corrected chi connectivity index (χ2v) is 7.52. The van der Waals surface area contributed by atoms with Crippen molar-refractivity contribution >= 4 is 11.8 Å². The van der Waals surface area contributed by atoms with E-state index in [9.17, 15) is 0 Å². The van der Waals surface area contributed by atoms with E-state index in [4.69, 9.17) is 0 Å². The van der Waals surface area contributed by atoms with Crippen LogP contribution in [-0.2, 0) is 0 Å². The van der Waals surface area contributed by atoms with E-state index in [1.807, 2.05) is 0 Å². The maximum atomic E-state index is 3.75. The van der Waals surface area contributed by atoms with Crippen LogP contribution in [0.25, 0.3) is 0 Å². The van der Waals surface area contributed by atoms with Crippen LogP contribution < -0.4 is 5.32 Å². The summed E-state index contributed by atoms with van der Waals surface area (Å²) in [7, 11) is 0. The van der Waals surface area contributed by atoms with E-state index < -0.39 is 0 Å². The normalized spacial score (nSPS) is 43.0. The molecule has 2 aliphatic rings. The SMILES string of the molecule is CCC1(C)CN(C2CCCCC2SC)C(C)CN1. The van der Waals surface area contributed by atoms with Crippen LogP contribution in [0.1, 0.15) is 52.9 Å². The molecule has 3 heteroatoms. The highest BCUT2D eigenvalue weighted by atomic mass is 32.2. The third-order valence-corrected chi connectivity index (χ3v) is 6.25. The summed E-state index contributed by atoms with van der Waals surface area (Å²) in [5, 5.41) is 4.61. The molecule has 4 unspecified atom stereocenters. The first-order valence-electron chi connectivity index (χ1n) is 7.63. The Hall–Kier alpha value is 0.270. The van der Waals surface area contributed by atoms with Crippen LogP contribution in [0.15, 0.2) is 0 Å². The molecular formula is C15H30N2S. The smallest absolute Gasteiger partial charge is 0.0278 e. The molecule has 2 rings (SSSR count). The molecule has 1 saturated heterocycles. The topological polar surface area (TPSA) is 15.3 Å². The van der Waals surface area contributed by atoms with Crippen molar-refractivity contribution in [3.8, 4) is 0 Å². The molecule has 2 fully saturated rings. The summed E-state index contributed by atoms with van der Waals surface area (Å²) < 4.78 is 0. The lowest BCUT2D eigenvalue weighted by Gasteiger charge is -2.51. The Morgan fingerprint density at radius 2 is 2.06 bits per heavy atom. The molecule has 1 N–H and O–H groups in total. The second-order valence-electron chi connectivity index (χ2n) is 6.44. The van der Waals surface area contributed by atoms with Crippen LogP contribution in [0.5, 0.6) is 0 Å². The van der Waals surface area contributed by atoms with Gasteiger partial charge in [-0.15, -0.1) is 0 Å². The van der Waals surface area contributed by atoms with Gasteiger partial charge in [0.15, 0.2) is 0 Å². The van der Waals surface area contributed by atoms with E-state index in [0.29, 0.717) is 11.6 Å². The fraction of sp³-hybridized carbons (Fsp3) is 1.00. The highest BCUT2D eigenvalue weighted by Crippen LogP contribution is 2.34. The van der Waals surface area contributed by atoms with Gasteiger partial charge in [0, 0.05) is 36.0 Å². The van der Waals surface area contributed by atoms with E-state index in [2.05, 4.69) is 49.0 Å². The van der Waals surface area contributed by atoms with E-state index in [1.54, 1.807) is 0 Å². The van der Waals surface area contributed by atoms with Gasteiger partial charge in [0.05, 0.1) is 0 Å². The number of thioether (sulfide) groups is 1. The molecule has 2 nitrogen and oxygen atoms in total. The maximum Gasteiger partial charge on any atom is 0.0278 e. The zero-order valence-electron chi connectivity index (χ0n) is 12.5. The Labute approximate surface area is 117 Å². The summed E-state index contributed by atoms with van der Waals surface area (Å²) in [6.07, 6.45) is 9.23. The van der Waals surface area contributed by atoms with Crippen molar-refractivity contribution in [2.75, 3.05) is 19.3 Å². The van der Waals surface area contributed by atoms with Crippen molar-refractivity contribution in [2.45, 2.75) is 75.7 Å². The quantitative estimate of drug-likeness (QED) is 0.848. The predicted octanol–water partition coefficient (Wildman–Crippen LogP) is 3.12. The first kappa shape index (κ1) is 14.7. The zero-order valence-corrected chi connectivity index (χ0v) is 13.4. The lowest BCUT2D eigenvalue weighted by molar-refractivity contribution is 0.0413. The lowest BCUT2D eigenvalue weighted by atomic mass is 9.87. The minimum Gasteiger partial charge on any atom is -0.309 e. The molecule has 1 heterocycles. The summed E-state index contributed by atoms with van der Waals surface area (Å²) in [5.41, 5.74) is 0.326. The lowest BCUT2D eigenvalue weighted by Crippen LogP contribution is -2.65. The van der Waals surface area contributed by atoms with E-state index >= 15 is 0 Å². The zero-order chi connectivity index (χ0) is 13.2. The average molecular weight is 270 g/mol. The fourth-order valence-corrected chi connectivity index (χ4v) is 4.55. The summed E-state index contributed by atoms with van der Waals surface area (Å²) >= 11 is 2.10. The number of nitrogens with one attached hydrogen (secondary N) is 1. The van der Waals surface area contributed by atoms with Gasteiger partial charge < -0.3 is 5.32 Å². The Bertz CT molecular complexity index is 271. The molecular weight excluding hydrogens is 240 g/mol. The number of hydrogen-bond donors (Lipinski definition) is 1. The van der Waals surface area contributed by atoms with Crippen molar-refractivity contribution in [1.29, 1.82) is 0 Å². The summed E-state index contributed by atoms with van der Waals surface area (Å²) in [6.45, 7) is 9.49. The first-order chi connectivity index (χ1) is 8.59. The average Bonchev–Trinajstić information content (AvgIpc) is 2.42.